The van der Waals surface area contributed by atoms with Crippen LogP contribution in [0.1, 0.15) is 0 Å². The van der Waals surface area contributed by atoms with Crippen molar-refractivity contribution in [3.05, 3.63) is 74.7 Å². The molecule has 0 bridgehead atoms. The van der Waals surface area contributed by atoms with Gasteiger partial charge in [0.2, 0.25) is 0 Å². The highest BCUT2D eigenvalue weighted by Crippen LogP contribution is 2.18. The van der Waals surface area contributed by atoms with Gasteiger partial charge in [0.15, 0.2) is 0 Å². The summed E-state index contributed by atoms with van der Waals surface area (Å²) in [4.78, 5) is 12.4. The van der Waals surface area contributed by atoms with Crippen LogP contribution in [0.4, 0.5) is 0 Å². The van der Waals surface area contributed by atoms with Gasteiger partial charge in [0.25, 0.3) is 0 Å². The van der Waals surface area contributed by atoms with Crippen LogP contribution in [0.25, 0.3) is 16.9 Å². The smallest absolute Gasteiger partial charge is 0.284 e. The highest BCUT2D eigenvalue weighted by atomic mass is 35.5. The maximum atomic E-state index is 12.4. The zero-order valence-electron chi connectivity index (χ0n) is 11.7. The lowest BCUT2D eigenvalue weighted by atomic mass is 10.2. The van der Waals surface area contributed by atoms with Crippen molar-refractivity contribution in [2.24, 2.45) is 7.05 Å². The summed E-state index contributed by atoms with van der Waals surface area (Å²) in [7, 11) is 1.64. The van der Waals surface area contributed by atoms with Crippen LogP contribution < -0.4 is 5.69 Å². The molecular weight excluding hydrogens is 318 g/mol. The third-order valence-corrected chi connectivity index (χ3v) is 4.01. The van der Waals surface area contributed by atoms with E-state index < -0.39 is 0 Å². The van der Waals surface area contributed by atoms with Gasteiger partial charge in [0, 0.05) is 17.6 Å². The average Bonchev–Trinajstić information content (AvgIpc) is 2.55. The van der Waals surface area contributed by atoms with E-state index in [4.69, 9.17) is 23.8 Å². The second-order valence-electron chi connectivity index (χ2n) is 4.75. The third kappa shape index (κ3) is 2.61. The summed E-state index contributed by atoms with van der Waals surface area (Å²) >= 11 is 11.3. The van der Waals surface area contributed by atoms with Crippen LogP contribution in [0.5, 0.6) is 0 Å². The van der Waals surface area contributed by atoms with Gasteiger partial charge in [-0.1, -0.05) is 54.2 Å². The Morgan fingerprint density at radius 1 is 1.05 bits per heavy atom. The van der Waals surface area contributed by atoms with Crippen molar-refractivity contribution in [2.45, 2.75) is 0 Å². The summed E-state index contributed by atoms with van der Waals surface area (Å²) in [6, 6.07) is 16.5. The summed E-state index contributed by atoms with van der Waals surface area (Å²) in [5.41, 5.74) is 1.79. The fourth-order valence-electron chi connectivity index (χ4n) is 2.10. The van der Waals surface area contributed by atoms with Crippen LogP contribution in [0.3, 0.4) is 0 Å². The maximum absolute atomic E-state index is 12.4. The minimum absolute atomic E-state index is 0.299. The van der Waals surface area contributed by atoms with Gasteiger partial charge in [-0.3, -0.25) is 4.57 Å². The molecule has 1 heterocycles. The zero-order valence-corrected chi connectivity index (χ0v) is 13.3. The van der Waals surface area contributed by atoms with E-state index in [1.807, 2.05) is 30.3 Å². The topological polar surface area (TPSA) is 39.8 Å². The van der Waals surface area contributed by atoms with E-state index in [1.165, 1.54) is 9.25 Å². The second kappa shape index (κ2) is 5.87. The summed E-state index contributed by atoms with van der Waals surface area (Å²) in [5.74, 6) is 0. The number of benzene rings is 2. The third-order valence-electron chi connectivity index (χ3n) is 3.29. The van der Waals surface area contributed by atoms with Crippen molar-refractivity contribution in [3.8, 4) is 16.9 Å². The van der Waals surface area contributed by atoms with Crippen LogP contribution in [-0.4, -0.2) is 14.3 Å². The first-order valence-electron chi connectivity index (χ1n) is 6.59. The number of hydrogen-bond donors (Lipinski definition) is 0. The first-order valence-corrected chi connectivity index (χ1v) is 7.38. The van der Waals surface area contributed by atoms with Gasteiger partial charge in [-0.05, 0) is 24.3 Å². The van der Waals surface area contributed by atoms with Crippen LogP contribution in [0.15, 0.2) is 59.4 Å². The molecule has 0 N–H and O–H groups in total. The fourth-order valence-corrected chi connectivity index (χ4v) is 2.46. The van der Waals surface area contributed by atoms with E-state index in [9.17, 15) is 4.79 Å². The SMILES string of the molecule is Cn1c(=S)c(-c2ccccc2)nn(-c2ccc(Cl)cc2)c1=O. The Balaban J connectivity index is 2.29. The molecule has 0 amide bonds. The molecule has 0 saturated carbocycles. The summed E-state index contributed by atoms with van der Waals surface area (Å²) in [6.07, 6.45) is 0. The molecule has 0 aliphatic carbocycles. The molecule has 4 nitrogen and oxygen atoms in total. The van der Waals surface area contributed by atoms with Gasteiger partial charge in [-0.25, -0.2) is 4.79 Å². The molecule has 22 heavy (non-hydrogen) atoms. The quantitative estimate of drug-likeness (QED) is 0.674. The minimum atomic E-state index is -0.299. The van der Waals surface area contributed by atoms with Crippen LogP contribution >= 0.6 is 23.8 Å². The fraction of sp³-hybridized carbons (Fsp3) is 0.0625. The molecule has 110 valence electrons. The van der Waals surface area contributed by atoms with Gasteiger partial charge in [0.05, 0.1) is 5.69 Å². The number of aromatic nitrogens is 3. The van der Waals surface area contributed by atoms with Gasteiger partial charge in [0.1, 0.15) is 10.3 Å². The monoisotopic (exact) mass is 329 g/mol. The molecular formula is C16H12ClN3OS. The molecule has 0 radical (unpaired) electrons. The number of rotatable bonds is 2. The predicted octanol–water partition coefficient (Wildman–Crippen LogP) is 3.62. The molecule has 3 aromatic rings. The second-order valence-corrected chi connectivity index (χ2v) is 5.57. The van der Waals surface area contributed by atoms with Crippen molar-refractivity contribution in [1.82, 2.24) is 14.3 Å². The first-order chi connectivity index (χ1) is 10.6. The van der Waals surface area contributed by atoms with E-state index in [1.54, 1.807) is 31.3 Å². The lowest BCUT2D eigenvalue weighted by Crippen LogP contribution is -2.31. The molecule has 0 atom stereocenters. The van der Waals surface area contributed by atoms with Crippen LogP contribution in [0, 0.1) is 4.64 Å². The van der Waals surface area contributed by atoms with Crippen LogP contribution in [0.2, 0.25) is 5.02 Å². The van der Waals surface area contributed by atoms with Gasteiger partial charge >= 0.3 is 5.69 Å². The van der Waals surface area contributed by atoms with E-state index in [0.29, 0.717) is 21.0 Å². The zero-order chi connectivity index (χ0) is 15.7. The molecule has 1 aromatic heterocycles. The normalized spacial score (nSPS) is 10.6. The lowest BCUT2D eigenvalue weighted by molar-refractivity contribution is 0.673. The Morgan fingerprint density at radius 2 is 1.68 bits per heavy atom. The number of nitrogens with zero attached hydrogens (tertiary/aromatic N) is 3. The molecule has 0 aliphatic heterocycles. The molecule has 0 spiro atoms. The van der Waals surface area contributed by atoms with Crippen molar-refractivity contribution >= 4 is 23.8 Å². The van der Waals surface area contributed by atoms with Crippen molar-refractivity contribution < 1.29 is 0 Å². The molecule has 0 unspecified atom stereocenters. The Labute approximate surface area is 137 Å². The Bertz CT molecular complexity index is 930. The van der Waals surface area contributed by atoms with E-state index >= 15 is 0 Å². The van der Waals surface area contributed by atoms with Gasteiger partial charge < -0.3 is 0 Å². The van der Waals surface area contributed by atoms with Crippen molar-refractivity contribution in [1.29, 1.82) is 0 Å². The Hall–Kier alpha value is -2.24. The molecule has 6 heteroatoms. The highest BCUT2D eigenvalue weighted by Gasteiger charge is 2.11. The number of hydrogen-bond acceptors (Lipinski definition) is 3. The lowest BCUT2D eigenvalue weighted by Gasteiger charge is -2.10. The maximum Gasteiger partial charge on any atom is 0.350 e. The molecule has 0 aliphatic rings. The highest BCUT2D eigenvalue weighted by molar-refractivity contribution is 7.71. The minimum Gasteiger partial charge on any atom is -0.284 e. The van der Waals surface area contributed by atoms with E-state index in [0.717, 1.165) is 5.56 Å². The summed E-state index contributed by atoms with van der Waals surface area (Å²) < 4.78 is 3.15. The largest absolute Gasteiger partial charge is 0.350 e. The average molecular weight is 330 g/mol. The Morgan fingerprint density at radius 3 is 2.32 bits per heavy atom. The predicted molar refractivity (Wildman–Crippen MR) is 90.1 cm³/mol. The van der Waals surface area contributed by atoms with Gasteiger partial charge in [-0.15, -0.1) is 0 Å². The first kappa shape index (κ1) is 14.7. The van der Waals surface area contributed by atoms with E-state index in [-0.39, 0.29) is 5.69 Å². The Kier molecular flexibility index (Phi) is 3.92. The molecule has 0 fully saturated rings. The number of halogens is 1. The van der Waals surface area contributed by atoms with Crippen LogP contribution in [-0.2, 0) is 7.05 Å². The summed E-state index contributed by atoms with van der Waals surface area (Å²) in [5, 5.41) is 5.04. The molecule has 2 aromatic carbocycles. The standard InChI is InChI=1S/C16H12ClN3OS/c1-19-15(22)14(11-5-3-2-4-6-11)18-20(16(19)21)13-9-7-12(17)8-10-13/h2-10H,1H3. The summed E-state index contributed by atoms with van der Waals surface area (Å²) in [6.45, 7) is 0. The van der Waals surface area contributed by atoms with E-state index in [2.05, 4.69) is 5.10 Å². The molecule has 3 rings (SSSR count). The van der Waals surface area contributed by atoms with Crippen molar-refractivity contribution in [3.63, 3.8) is 0 Å². The molecule has 0 saturated heterocycles. The van der Waals surface area contributed by atoms with Crippen molar-refractivity contribution in [2.75, 3.05) is 0 Å². The van der Waals surface area contributed by atoms with Gasteiger partial charge in [-0.2, -0.15) is 9.78 Å².